The van der Waals surface area contributed by atoms with Crippen LogP contribution in [0.15, 0.2) is 6.07 Å². The monoisotopic (exact) mass is 337 g/mol. The quantitative estimate of drug-likeness (QED) is 0.791. The first-order valence-corrected chi connectivity index (χ1v) is 8.03. The van der Waals surface area contributed by atoms with Crippen LogP contribution in [0, 0.1) is 0 Å². The van der Waals surface area contributed by atoms with Crippen molar-refractivity contribution in [2.45, 2.75) is 44.9 Å². The third kappa shape index (κ3) is 3.08. The van der Waals surface area contributed by atoms with Crippen molar-refractivity contribution in [2.75, 3.05) is 21.0 Å². The largest absolute Gasteiger partial charge is 0.492 e. The van der Waals surface area contributed by atoms with Gasteiger partial charge in [-0.2, -0.15) is 0 Å². The number of ether oxygens (including phenoxy) is 5. The van der Waals surface area contributed by atoms with Crippen molar-refractivity contribution in [3.05, 3.63) is 11.6 Å². The zero-order valence-electron chi connectivity index (χ0n) is 14.4. The van der Waals surface area contributed by atoms with E-state index in [1.807, 2.05) is 19.9 Å². The molecule has 0 saturated carbocycles. The lowest BCUT2D eigenvalue weighted by Crippen LogP contribution is -2.37. The minimum absolute atomic E-state index is 0.150. The van der Waals surface area contributed by atoms with Crippen molar-refractivity contribution in [3.63, 3.8) is 0 Å². The maximum Gasteiger partial charge on any atom is 0.323 e. The molecular formula is C17H23NO6. The van der Waals surface area contributed by atoms with Gasteiger partial charge in [-0.1, -0.05) is 13.8 Å². The Morgan fingerprint density at radius 3 is 2.67 bits per heavy atom. The fraction of sp³-hybridized carbons (Fsp3) is 0.588. The summed E-state index contributed by atoms with van der Waals surface area (Å²) in [5.74, 6) is 2.03. The van der Waals surface area contributed by atoms with Crippen molar-refractivity contribution in [1.29, 1.82) is 0 Å². The second kappa shape index (κ2) is 6.76. The highest BCUT2D eigenvalue weighted by molar-refractivity contribution is 5.78. The number of hydrogen-bond acceptors (Lipinski definition) is 7. The van der Waals surface area contributed by atoms with Crippen LogP contribution in [0.2, 0.25) is 0 Å². The zero-order chi connectivity index (χ0) is 17.3. The molecular weight excluding hydrogens is 314 g/mol. The minimum Gasteiger partial charge on any atom is -0.492 e. The number of esters is 1. The first-order valence-electron chi connectivity index (χ1n) is 8.03. The number of rotatable bonds is 6. The third-order valence-corrected chi connectivity index (χ3v) is 4.11. The standard InChI is InChI=1S/C17H23NO6/c1-9(2)18-12-7-11(24-17(12)19)5-10-6-13-15(23-8-22-13)16(21-4)14(10)20-3/h6,9,11-12,18H,5,7-8H2,1-4H3. The lowest BCUT2D eigenvalue weighted by atomic mass is 10.0. The predicted octanol–water partition coefficient (Wildman–Crippen LogP) is 1.66. The molecule has 2 unspecified atom stereocenters. The molecule has 7 heteroatoms. The molecule has 2 aliphatic rings. The van der Waals surface area contributed by atoms with Gasteiger partial charge in [-0.15, -0.1) is 0 Å². The Kier molecular flexibility index (Phi) is 4.71. The number of carbonyl (C=O) groups excluding carboxylic acids is 1. The Balaban J connectivity index is 1.82. The van der Waals surface area contributed by atoms with Gasteiger partial charge >= 0.3 is 5.97 Å². The molecule has 3 rings (SSSR count). The van der Waals surface area contributed by atoms with Gasteiger partial charge in [0.05, 0.1) is 14.2 Å². The van der Waals surface area contributed by atoms with E-state index in [1.165, 1.54) is 0 Å². The van der Waals surface area contributed by atoms with Crippen molar-refractivity contribution >= 4 is 5.97 Å². The molecule has 1 fully saturated rings. The van der Waals surface area contributed by atoms with E-state index in [0.29, 0.717) is 35.8 Å². The van der Waals surface area contributed by atoms with Crippen molar-refractivity contribution in [3.8, 4) is 23.0 Å². The van der Waals surface area contributed by atoms with Crippen LogP contribution in [0.25, 0.3) is 0 Å². The summed E-state index contributed by atoms with van der Waals surface area (Å²) in [4.78, 5) is 12.0. The predicted molar refractivity (Wildman–Crippen MR) is 85.9 cm³/mol. The molecule has 1 saturated heterocycles. The summed E-state index contributed by atoms with van der Waals surface area (Å²) in [5.41, 5.74) is 0.863. The molecule has 0 amide bonds. The van der Waals surface area contributed by atoms with Crippen molar-refractivity contribution in [1.82, 2.24) is 5.32 Å². The van der Waals surface area contributed by atoms with E-state index in [1.54, 1.807) is 14.2 Å². The van der Waals surface area contributed by atoms with Gasteiger partial charge < -0.3 is 29.0 Å². The van der Waals surface area contributed by atoms with Gasteiger partial charge in [-0.3, -0.25) is 4.79 Å². The van der Waals surface area contributed by atoms with E-state index >= 15 is 0 Å². The second-order valence-corrected chi connectivity index (χ2v) is 6.21. The van der Waals surface area contributed by atoms with Crippen molar-refractivity contribution in [2.24, 2.45) is 0 Å². The number of hydrogen-bond donors (Lipinski definition) is 1. The molecule has 0 bridgehead atoms. The minimum atomic E-state index is -0.267. The van der Waals surface area contributed by atoms with Crippen LogP contribution in [-0.2, 0) is 16.0 Å². The van der Waals surface area contributed by atoms with Crippen LogP contribution in [0.5, 0.6) is 23.0 Å². The first-order chi connectivity index (χ1) is 11.5. The maximum absolute atomic E-state index is 12.0. The summed E-state index contributed by atoms with van der Waals surface area (Å²) < 4.78 is 27.3. The molecule has 1 aromatic rings. The Bertz CT molecular complexity index is 630. The average molecular weight is 337 g/mol. The van der Waals surface area contributed by atoms with Crippen LogP contribution in [0.3, 0.4) is 0 Å². The highest BCUT2D eigenvalue weighted by Gasteiger charge is 2.36. The summed E-state index contributed by atoms with van der Waals surface area (Å²) in [6.07, 6.45) is 0.933. The smallest absolute Gasteiger partial charge is 0.323 e. The highest BCUT2D eigenvalue weighted by atomic mass is 16.7. The average Bonchev–Trinajstić information content (AvgIpc) is 3.12. The third-order valence-electron chi connectivity index (χ3n) is 4.11. The van der Waals surface area contributed by atoms with Gasteiger partial charge in [0.15, 0.2) is 11.5 Å². The van der Waals surface area contributed by atoms with E-state index in [-0.39, 0.29) is 30.9 Å². The van der Waals surface area contributed by atoms with Crippen LogP contribution in [-0.4, -0.2) is 45.2 Å². The molecule has 0 radical (unpaired) electrons. The summed E-state index contributed by atoms with van der Waals surface area (Å²) in [6, 6.07) is 1.82. The van der Waals surface area contributed by atoms with Gasteiger partial charge in [0.2, 0.25) is 18.3 Å². The molecule has 132 valence electrons. The molecule has 0 aliphatic carbocycles. The number of fused-ring (bicyclic) bond motifs is 1. The maximum atomic E-state index is 12.0. The number of nitrogens with one attached hydrogen (secondary N) is 1. The van der Waals surface area contributed by atoms with Crippen LogP contribution in [0.1, 0.15) is 25.8 Å². The summed E-state index contributed by atoms with van der Waals surface area (Å²) in [5, 5.41) is 3.22. The molecule has 7 nitrogen and oxygen atoms in total. The number of cyclic esters (lactones) is 1. The molecule has 0 aromatic heterocycles. The molecule has 1 N–H and O–H groups in total. The van der Waals surface area contributed by atoms with Gasteiger partial charge in [0, 0.05) is 24.4 Å². The summed E-state index contributed by atoms with van der Waals surface area (Å²) >= 11 is 0. The fourth-order valence-electron chi connectivity index (χ4n) is 3.17. The van der Waals surface area contributed by atoms with Crippen LogP contribution >= 0.6 is 0 Å². The molecule has 2 heterocycles. The first kappa shape index (κ1) is 16.7. The Hall–Kier alpha value is -2.15. The Morgan fingerprint density at radius 2 is 2.00 bits per heavy atom. The normalized spacial score (nSPS) is 22.0. The Morgan fingerprint density at radius 1 is 1.25 bits per heavy atom. The van der Waals surface area contributed by atoms with E-state index < -0.39 is 0 Å². The van der Waals surface area contributed by atoms with Gasteiger partial charge in [0.25, 0.3) is 0 Å². The van der Waals surface area contributed by atoms with E-state index in [2.05, 4.69) is 5.32 Å². The molecule has 0 spiro atoms. The molecule has 24 heavy (non-hydrogen) atoms. The number of methoxy groups -OCH3 is 2. The van der Waals surface area contributed by atoms with E-state index in [0.717, 1.165) is 5.56 Å². The van der Waals surface area contributed by atoms with Crippen molar-refractivity contribution < 1.29 is 28.5 Å². The van der Waals surface area contributed by atoms with E-state index in [4.69, 9.17) is 23.7 Å². The lowest BCUT2D eigenvalue weighted by Gasteiger charge is -2.17. The van der Waals surface area contributed by atoms with Gasteiger partial charge in [-0.25, -0.2) is 0 Å². The van der Waals surface area contributed by atoms with Gasteiger partial charge in [0.1, 0.15) is 12.1 Å². The zero-order valence-corrected chi connectivity index (χ0v) is 14.4. The van der Waals surface area contributed by atoms with Crippen LogP contribution < -0.4 is 24.3 Å². The number of benzene rings is 1. The molecule has 2 aliphatic heterocycles. The Labute approximate surface area is 141 Å². The second-order valence-electron chi connectivity index (χ2n) is 6.21. The van der Waals surface area contributed by atoms with Gasteiger partial charge in [-0.05, 0) is 6.07 Å². The summed E-state index contributed by atoms with van der Waals surface area (Å²) in [7, 11) is 3.13. The lowest BCUT2D eigenvalue weighted by molar-refractivity contribution is -0.143. The molecule has 2 atom stereocenters. The number of carbonyl (C=O) groups is 1. The fourth-order valence-corrected chi connectivity index (χ4v) is 3.17. The van der Waals surface area contributed by atoms with E-state index in [9.17, 15) is 4.79 Å². The van der Waals surface area contributed by atoms with Crippen LogP contribution in [0.4, 0.5) is 0 Å². The highest BCUT2D eigenvalue weighted by Crippen LogP contribution is 2.49. The summed E-state index contributed by atoms with van der Waals surface area (Å²) in [6.45, 7) is 4.16. The SMILES string of the molecule is COc1c(CC2CC(NC(C)C)C(=O)O2)cc2c(c1OC)OCO2. The topological polar surface area (TPSA) is 75.3 Å². The molecule has 1 aromatic carbocycles.